The van der Waals surface area contributed by atoms with Crippen LogP contribution in [-0.4, -0.2) is 29.0 Å². The zero-order valence-electron chi connectivity index (χ0n) is 10.7. The molecule has 0 atom stereocenters. The second kappa shape index (κ2) is 6.64. The van der Waals surface area contributed by atoms with Gasteiger partial charge in [-0.25, -0.2) is 9.97 Å². The minimum atomic E-state index is 0.0386. The molecule has 0 aliphatic carbocycles. The first-order chi connectivity index (χ1) is 8.07. The Morgan fingerprint density at radius 3 is 2.82 bits per heavy atom. The predicted octanol–water partition coefficient (Wildman–Crippen LogP) is 2.94. The fraction of sp³-hybridized carbons (Fsp3) is 0.667. The van der Waals surface area contributed by atoms with Crippen LogP contribution < -0.4 is 10.1 Å². The molecule has 0 aliphatic heterocycles. The van der Waals surface area contributed by atoms with Crippen LogP contribution >= 0.6 is 11.6 Å². The quantitative estimate of drug-likeness (QED) is 0.763. The predicted molar refractivity (Wildman–Crippen MR) is 70.8 cm³/mol. The van der Waals surface area contributed by atoms with E-state index in [-0.39, 0.29) is 5.41 Å². The van der Waals surface area contributed by atoms with E-state index in [0.29, 0.717) is 18.4 Å². The zero-order chi connectivity index (χ0) is 12.7. The van der Waals surface area contributed by atoms with Crippen molar-refractivity contribution < 1.29 is 4.74 Å². The topological polar surface area (TPSA) is 47.0 Å². The number of anilines is 1. The van der Waals surface area contributed by atoms with Gasteiger partial charge in [0.15, 0.2) is 0 Å². The summed E-state index contributed by atoms with van der Waals surface area (Å²) < 4.78 is 5.44. The maximum Gasteiger partial charge on any atom is 0.218 e. The highest BCUT2D eigenvalue weighted by molar-refractivity contribution is 6.18. The van der Waals surface area contributed by atoms with E-state index in [4.69, 9.17) is 16.3 Å². The molecule has 1 heterocycles. The standard InChI is InChI=1S/C12H20ClN3O/c1-4-5-17-11-6-10(15-9-16-11)14-8-12(2,3)7-13/h6,9H,4-5,7-8H2,1-3H3,(H,14,15,16). The van der Waals surface area contributed by atoms with E-state index in [1.807, 2.05) is 0 Å². The molecule has 0 fully saturated rings. The number of nitrogens with one attached hydrogen (secondary N) is 1. The smallest absolute Gasteiger partial charge is 0.218 e. The summed E-state index contributed by atoms with van der Waals surface area (Å²) in [6.45, 7) is 7.69. The molecule has 5 heteroatoms. The number of hydrogen-bond acceptors (Lipinski definition) is 4. The highest BCUT2D eigenvalue weighted by Gasteiger charge is 2.16. The lowest BCUT2D eigenvalue weighted by atomic mass is 9.97. The molecular weight excluding hydrogens is 238 g/mol. The van der Waals surface area contributed by atoms with Gasteiger partial charge >= 0.3 is 0 Å². The van der Waals surface area contributed by atoms with E-state index in [0.717, 1.165) is 18.8 Å². The van der Waals surface area contributed by atoms with E-state index in [2.05, 4.69) is 36.1 Å². The Labute approximate surface area is 108 Å². The van der Waals surface area contributed by atoms with Gasteiger partial charge in [0.25, 0.3) is 0 Å². The summed E-state index contributed by atoms with van der Waals surface area (Å²) in [6.07, 6.45) is 2.47. The Hall–Kier alpha value is -1.03. The van der Waals surface area contributed by atoms with Gasteiger partial charge in [0.2, 0.25) is 5.88 Å². The molecule has 1 N–H and O–H groups in total. The van der Waals surface area contributed by atoms with E-state index < -0.39 is 0 Å². The number of hydrogen-bond donors (Lipinski definition) is 1. The molecule has 96 valence electrons. The summed E-state index contributed by atoms with van der Waals surface area (Å²) in [5.74, 6) is 1.97. The van der Waals surface area contributed by atoms with Crippen LogP contribution in [0.2, 0.25) is 0 Å². The van der Waals surface area contributed by atoms with Crippen LogP contribution in [0.25, 0.3) is 0 Å². The SMILES string of the molecule is CCCOc1cc(NCC(C)(C)CCl)ncn1. The summed E-state index contributed by atoms with van der Waals surface area (Å²) in [5, 5.41) is 3.24. The number of aromatic nitrogens is 2. The lowest BCUT2D eigenvalue weighted by Crippen LogP contribution is -2.25. The van der Waals surface area contributed by atoms with E-state index >= 15 is 0 Å². The molecule has 0 aromatic carbocycles. The minimum Gasteiger partial charge on any atom is -0.478 e. The fourth-order valence-corrected chi connectivity index (χ4v) is 1.19. The van der Waals surface area contributed by atoms with Gasteiger partial charge < -0.3 is 10.1 Å². The molecule has 0 unspecified atom stereocenters. The second-order valence-corrected chi connectivity index (χ2v) is 5.01. The summed E-state index contributed by atoms with van der Waals surface area (Å²) in [7, 11) is 0. The normalized spacial score (nSPS) is 11.3. The molecule has 0 amide bonds. The summed E-state index contributed by atoms with van der Waals surface area (Å²) in [4.78, 5) is 8.18. The van der Waals surface area contributed by atoms with E-state index in [1.165, 1.54) is 6.33 Å². The third-order valence-electron chi connectivity index (χ3n) is 2.21. The van der Waals surface area contributed by atoms with Gasteiger partial charge in [0.05, 0.1) is 6.61 Å². The average molecular weight is 258 g/mol. The molecule has 1 rings (SSSR count). The van der Waals surface area contributed by atoms with Crippen LogP contribution in [0.15, 0.2) is 12.4 Å². The van der Waals surface area contributed by atoms with Crippen LogP contribution in [0, 0.1) is 5.41 Å². The Morgan fingerprint density at radius 2 is 2.18 bits per heavy atom. The van der Waals surface area contributed by atoms with Gasteiger partial charge in [-0.05, 0) is 11.8 Å². The van der Waals surface area contributed by atoms with Crippen molar-refractivity contribution in [1.82, 2.24) is 9.97 Å². The van der Waals surface area contributed by atoms with Gasteiger partial charge in [-0.1, -0.05) is 20.8 Å². The van der Waals surface area contributed by atoms with Crippen LogP contribution in [0.5, 0.6) is 5.88 Å². The number of halogens is 1. The Balaban J connectivity index is 2.53. The molecule has 0 radical (unpaired) electrons. The first kappa shape index (κ1) is 14.0. The molecule has 0 bridgehead atoms. The van der Waals surface area contributed by atoms with Crippen molar-refractivity contribution >= 4 is 17.4 Å². The molecule has 0 aliphatic rings. The van der Waals surface area contributed by atoms with Gasteiger partial charge in [0.1, 0.15) is 12.1 Å². The number of alkyl halides is 1. The van der Waals surface area contributed by atoms with Crippen molar-refractivity contribution in [2.75, 3.05) is 24.3 Å². The molecule has 17 heavy (non-hydrogen) atoms. The minimum absolute atomic E-state index is 0.0386. The van der Waals surface area contributed by atoms with Crippen molar-refractivity contribution in [2.45, 2.75) is 27.2 Å². The van der Waals surface area contributed by atoms with E-state index in [1.54, 1.807) is 6.07 Å². The maximum absolute atomic E-state index is 5.86. The van der Waals surface area contributed by atoms with Crippen molar-refractivity contribution in [2.24, 2.45) is 5.41 Å². The van der Waals surface area contributed by atoms with Gasteiger partial charge in [-0.2, -0.15) is 0 Å². The van der Waals surface area contributed by atoms with Crippen molar-refractivity contribution in [3.8, 4) is 5.88 Å². The van der Waals surface area contributed by atoms with Crippen molar-refractivity contribution in [3.63, 3.8) is 0 Å². The summed E-state index contributed by atoms with van der Waals surface area (Å²) >= 11 is 5.86. The highest BCUT2D eigenvalue weighted by atomic mass is 35.5. The zero-order valence-corrected chi connectivity index (χ0v) is 11.4. The number of rotatable bonds is 7. The fourth-order valence-electron chi connectivity index (χ4n) is 1.10. The Kier molecular flexibility index (Phi) is 5.48. The molecule has 1 aromatic rings. The summed E-state index contributed by atoms with van der Waals surface area (Å²) in [5.41, 5.74) is 0.0386. The molecule has 0 spiro atoms. The number of ether oxygens (including phenoxy) is 1. The second-order valence-electron chi connectivity index (χ2n) is 4.74. The molecule has 4 nitrogen and oxygen atoms in total. The number of nitrogens with zero attached hydrogens (tertiary/aromatic N) is 2. The van der Waals surface area contributed by atoms with Gasteiger partial charge in [-0.15, -0.1) is 11.6 Å². The third kappa shape index (κ3) is 5.22. The van der Waals surface area contributed by atoms with Crippen LogP contribution in [0.1, 0.15) is 27.2 Å². The van der Waals surface area contributed by atoms with Crippen LogP contribution in [0.4, 0.5) is 5.82 Å². The first-order valence-electron chi connectivity index (χ1n) is 5.82. The maximum atomic E-state index is 5.86. The highest BCUT2D eigenvalue weighted by Crippen LogP contribution is 2.18. The Bertz CT molecular complexity index is 344. The van der Waals surface area contributed by atoms with Crippen LogP contribution in [0.3, 0.4) is 0 Å². The van der Waals surface area contributed by atoms with E-state index in [9.17, 15) is 0 Å². The van der Waals surface area contributed by atoms with Gasteiger partial charge in [0, 0.05) is 18.5 Å². The Morgan fingerprint density at radius 1 is 1.41 bits per heavy atom. The third-order valence-corrected chi connectivity index (χ3v) is 2.93. The molecule has 1 aromatic heterocycles. The van der Waals surface area contributed by atoms with Crippen LogP contribution in [-0.2, 0) is 0 Å². The lowest BCUT2D eigenvalue weighted by Gasteiger charge is -2.21. The van der Waals surface area contributed by atoms with Crippen molar-refractivity contribution in [3.05, 3.63) is 12.4 Å². The monoisotopic (exact) mass is 257 g/mol. The largest absolute Gasteiger partial charge is 0.478 e. The molecular formula is C12H20ClN3O. The first-order valence-corrected chi connectivity index (χ1v) is 6.35. The van der Waals surface area contributed by atoms with Gasteiger partial charge in [-0.3, -0.25) is 0 Å². The lowest BCUT2D eigenvalue weighted by molar-refractivity contribution is 0.305. The average Bonchev–Trinajstić information content (AvgIpc) is 2.35. The van der Waals surface area contributed by atoms with Crippen molar-refractivity contribution in [1.29, 1.82) is 0 Å². The summed E-state index contributed by atoms with van der Waals surface area (Å²) in [6, 6.07) is 1.81. The molecule has 0 saturated heterocycles. The molecule has 0 saturated carbocycles.